The van der Waals surface area contributed by atoms with Crippen LogP contribution in [-0.2, 0) is 0 Å². The molecule has 0 saturated carbocycles. The highest BCUT2D eigenvalue weighted by molar-refractivity contribution is 6.29. The largest absolute Gasteiger partial charge is 0.389 e. The molecule has 1 aliphatic rings. The van der Waals surface area contributed by atoms with Crippen LogP contribution in [0.25, 0.3) is 0 Å². The lowest BCUT2D eigenvalue weighted by Crippen LogP contribution is -2.24. The van der Waals surface area contributed by atoms with Crippen molar-refractivity contribution in [1.82, 2.24) is 4.90 Å². The average molecular weight is 188 g/mol. The van der Waals surface area contributed by atoms with Crippen LogP contribution in [0.1, 0.15) is 12.8 Å². The summed E-state index contributed by atoms with van der Waals surface area (Å²) in [5.74, 6) is 0.746. The van der Waals surface area contributed by atoms with Crippen molar-refractivity contribution in [1.29, 1.82) is 0 Å². The van der Waals surface area contributed by atoms with E-state index >= 15 is 0 Å². The maximum Gasteiger partial charge on any atom is 0.0993 e. The lowest BCUT2D eigenvalue weighted by Gasteiger charge is -2.16. The molecule has 0 spiro atoms. The molecule has 68 valence electrons. The number of hydrogen-bond donors (Lipinski definition) is 2. The van der Waals surface area contributed by atoms with E-state index < -0.39 is 0 Å². The highest BCUT2D eigenvalue weighted by Crippen LogP contribution is 2.10. The Hall–Kier alpha value is -0.830. The number of hydrogen-bond acceptors (Lipinski definition) is 3. The van der Waals surface area contributed by atoms with Crippen molar-refractivity contribution in [2.45, 2.75) is 12.8 Å². The molecule has 1 heterocycles. The van der Waals surface area contributed by atoms with Gasteiger partial charge in [0.05, 0.1) is 11.0 Å². The highest BCUT2D eigenvalue weighted by atomic mass is 35.5. The Balaban J connectivity index is 2.50. The Kier molecular flexibility index (Phi) is 3.29. The van der Waals surface area contributed by atoms with E-state index in [9.17, 15) is 0 Å². The molecule has 0 aromatic heterocycles. The maximum absolute atomic E-state index is 5.76. The maximum atomic E-state index is 5.76. The number of nitrogens with two attached hydrogens (primary N) is 2. The molecule has 0 radical (unpaired) electrons. The highest BCUT2D eigenvalue weighted by Gasteiger charge is 2.10. The van der Waals surface area contributed by atoms with Crippen molar-refractivity contribution >= 4 is 11.6 Å². The van der Waals surface area contributed by atoms with Gasteiger partial charge in [0, 0.05) is 13.1 Å². The minimum absolute atomic E-state index is 0.261. The minimum Gasteiger partial charge on any atom is -0.389 e. The molecule has 0 unspecified atom stereocenters. The molecule has 1 saturated heterocycles. The fourth-order valence-corrected chi connectivity index (χ4v) is 1.31. The Morgan fingerprint density at radius 3 is 2.25 bits per heavy atom. The van der Waals surface area contributed by atoms with Crippen LogP contribution in [0, 0.1) is 0 Å². The molecule has 1 fully saturated rings. The van der Waals surface area contributed by atoms with Crippen LogP contribution in [0.5, 0.6) is 0 Å². The van der Waals surface area contributed by atoms with Crippen molar-refractivity contribution in [3.8, 4) is 0 Å². The second kappa shape index (κ2) is 4.26. The first kappa shape index (κ1) is 9.26. The first-order chi connectivity index (χ1) is 5.70. The van der Waals surface area contributed by atoms with Crippen LogP contribution >= 0.6 is 11.6 Å². The summed E-state index contributed by atoms with van der Waals surface area (Å²) in [5, 5.41) is 0.261. The van der Waals surface area contributed by atoms with E-state index in [1.807, 2.05) is 0 Å². The summed E-state index contributed by atoms with van der Waals surface area (Å²) in [6, 6.07) is 0. The van der Waals surface area contributed by atoms with Crippen molar-refractivity contribution in [3.05, 3.63) is 23.1 Å². The van der Waals surface area contributed by atoms with Gasteiger partial charge in [0.15, 0.2) is 0 Å². The van der Waals surface area contributed by atoms with Gasteiger partial charge in [-0.3, -0.25) is 0 Å². The zero-order chi connectivity index (χ0) is 8.97. The van der Waals surface area contributed by atoms with Crippen molar-refractivity contribution in [2.24, 2.45) is 11.5 Å². The molecule has 0 aliphatic carbocycles. The first-order valence-electron chi connectivity index (χ1n) is 4.03. The number of halogens is 1. The second-order valence-corrected chi connectivity index (χ2v) is 3.27. The average Bonchev–Trinajstić information content (AvgIpc) is 2.51. The van der Waals surface area contributed by atoms with Gasteiger partial charge in [-0.1, -0.05) is 11.6 Å². The van der Waals surface area contributed by atoms with Crippen LogP contribution in [0.3, 0.4) is 0 Å². The standard InChI is InChI=1S/C8H14ClN3/c9-7(10)3-4-8(11)12-5-1-2-6-12/h3-4H,1-2,5-6,10-11H2/b7-3-,8-4+. The predicted molar refractivity (Wildman–Crippen MR) is 51.2 cm³/mol. The van der Waals surface area contributed by atoms with Gasteiger partial charge in [-0.2, -0.15) is 0 Å². The van der Waals surface area contributed by atoms with E-state index in [1.54, 1.807) is 12.2 Å². The molecule has 0 amide bonds. The van der Waals surface area contributed by atoms with E-state index in [2.05, 4.69) is 4.90 Å². The summed E-state index contributed by atoms with van der Waals surface area (Å²) in [5.41, 5.74) is 11.0. The SMILES string of the molecule is N/C(Cl)=C\C=C(/N)N1CCCC1. The van der Waals surface area contributed by atoms with Crippen molar-refractivity contribution < 1.29 is 0 Å². The van der Waals surface area contributed by atoms with Gasteiger partial charge in [-0.05, 0) is 25.0 Å². The fourth-order valence-electron chi connectivity index (χ4n) is 1.25. The van der Waals surface area contributed by atoms with Crippen LogP contribution in [0.15, 0.2) is 23.1 Å². The molecule has 12 heavy (non-hydrogen) atoms. The van der Waals surface area contributed by atoms with Crippen LogP contribution in [-0.4, -0.2) is 18.0 Å². The third kappa shape index (κ3) is 2.66. The summed E-state index contributed by atoms with van der Waals surface area (Å²) in [6.45, 7) is 2.08. The molecule has 3 nitrogen and oxygen atoms in total. The van der Waals surface area contributed by atoms with Crippen LogP contribution in [0.4, 0.5) is 0 Å². The molecule has 4 N–H and O–H groups in total. The van der Waals surface area contributed by atoms with E-state index in [0.717, 1.165) is 18.9 Å². The number of likely N-dealkylation sites (tertiary alicyclic amines) is 1. The van der Waals surface area contributed by atoms with Gasteiger partial charge in [0.1, 0.15) is 0 Å². The summed E-state index contributed by atoms with van der Waals surface area (Å²) < 4.78 is 0. The molecule has 0 aromatic carbocycles. The van der Waals surface area contributed by atoms with Gasteiger partial charge in [0.2, 0.25) is 0 Å². The summed E-state index contributed by atoms with van der Waals surface area (Å²) in [7, 11) is 0. The van der Waals surface area contributed by atoms with E-state index in [0.29, 0.717) is 0 Å². The third-order valence-electron chi connectivity index (χ3n) is 1.88. The third-order valence-corrected chi connectivity index (χ3v) is 2.01. The first-order valence-corrected chi connectivity index (χ1v) is 4.41. The molecule has 1 rings (SSSR count). The fraction of sp³-hybridized carbons (Fsp3) is 0.500. The monoisotopic (exact) mass is 187 g/mol. The second-order valence-electron chi connectivity index (χ2n) is 2.84. The molecule has 0 atom stereocenters. The Morgan fingerprint density at radius 1 is 1.17 bits per heavy atom. The predicted octanol–water partition coefficient (Wildman–Crippen LogP) is 0.921. The molecule has 1 aliphatic heterocycles. The lowest BCUT2D eigenvalue weighted by molar-refractivity contribution is 0.421. The Morgan fingerprint density at radius 2 is 1.75 bits per heavy atom. The number of nitrogens with zero attached hydrogens (tertiary/aromatic N) is 1. The summed E-state index contributed by atoms with van der Waals surface area (Å²) in [4.78, 5) is 2.12. The number of allylic oxidation sites excluding steroid dienone is 2. The zero-order valence-corrected chi connectivity index (χ0v) is 7.72. The quantitative estimate of drug-likeness (QED) is 0.500. The van der Waals surface area contributed by atoms with Crippen molar-refractivity contribution in [2.75, 3.05) is 13.1 Å². The molecular weight excluding hydrogens is 174 g/mol. The van der Waals surface area contributed by atoms with Gasteiger partial charge in [-0.15, -0.1) is 0 Å². The molecule has 4 heteroatoms. The molecule has 0 aromatic rings. The summed E-state index contributed by atoms with van der Waals surface area (Å²) in [6.07, 6.45) is 5.78. The van der Waals surface area contributed by atoms with Crippen LogP contribution in [0.2, 0.25) is 0 Å². The molecule has 0 bridgehead atoms. The smallest absolute Gasteiger partial charge is 0.0993 e. The summed E-state index contributed by atoms with van der Waals surface area (Å²) >= 11 is 5.45. The van der Waals surface area contributed by atoms with Gasteiger partial charge in [-0.25, -0.2) is 0 Å². The van der Waals surface area contributed by atoms with E-state index in [1.165, 1.54) is 12.8 Å². The van der Waals surface area contributed by atoms with Gasteiger partial charge < -0.3 is 16.4 Å². The van der Waals surface area contributed by atoms with Crippen molar-refractivity contribution in [3.63, 3.8) is 0 Å². The topological polar surface area (TPSA) is 55.3 Å². The van der Waals surface area contributed by atoms with E-state index in [4.69, 9.17) is 23.1 Å². The van der Waals surface area contributed by atoms with Crippen LogP contribution < -0.4 is 11.5 Å². The Labute approximate surface area is 77.7 Å². The minimum atomic E-state index is 0.261. The number of rotatable bonds is 2. The van der Waals surface area contributed by atoms with Gasteiger partial charge in [0.25, 0.3) is 0 Å². The lowest BCUT2D eigenvalue weighted by atomic mass is 10.4. The molecular formula is C8H14ClN3. The van der Waals surface area contributed by atoms with E-state index in [-0.39, 0.29) is 5.16 Å². The normalized spacial score (nSPS) is 20.2. The van der Waals surface area contributed by atoms with Gasteiger partial charge >= 0.3 is 0 Å². The Bertz CT molecular complexity index is 200. The zero-order valence-electron chi connectivity index (χ0n) is 6.96.